The van der Waals surface area contributed by atoms with Crippen molar-refractivity contribution in [3.8, 4) is 45.9 Å². The number of rotatable bonds is 12. The minimum Gasteiger partial charge on any atom is -0.426 e. The molecule has 0 atom stereocenters. The molecular formula is C42H40F2N2O4. The Bertz CT molecular complexity index is 1780. The molecule has 0 N–H and O–H groups in total. The van der Waals surface area contributed by atoms with Crippen molar-refractivity contribution in [3.05, 3.63) is 107 Å². The van der Waals surface area contributed by atoms with E-state index < -0.39 is 35.4 Å². The van der Waals surface area contributed by atoms with Gasteiger partial charge in [-0.05, 0) is 97.9 Å². The average molecular weight is 675 g/mol. The summed E-state index contributed by atoms with van der Waals surface area (Å²) in [6.07, 6.45) is 7.32. The van der Waals surface area contributed by atoms with E-state index in [1.165, 1.54) is 24.3 Å². The van der Waals surface area contributed by atoms with E-state index in [2.05, 4.69) is 13.8 Å². The van der Waals surface area contributed by atoms with Crippen LogP contribution in [0.1, 0.15) is 87.5 Å². The zero-order valence-corrected chi connectivity index (χ0v) is 28.4. The molecule has 1 aliphatic rings. The number of hydrogen-bond acceptors (Lipinski definition) is 6. The van der Waals surface area contributed by atoms with E-state index in [0.717, 1.165) is 49.7 Å². The molecule has 0 aliphatic heterocycles. The molecule has 6 nitrogen and oxygen atoms in total. The predicted octanol–water partition coefficient (Wildman–Crippen LogP) is 10.0. The fourth-order valence-corrected chi connectivity index (χ4v) is 6.38. The van der Waals surface area contributed by atoms with Crippen molar-refractivity contribution in [3.63, 3.8) is 0 Å². The number of esters is 2. The lowest BCUT2D eigenvalue weighted by Crippen LogP contribution is -2.30. The van der Waals surface area contributed by atoms with Gasteiger partial charge in [0.25, 0.3) is 0 Å². The highest BCUT2D eigenvalue weighted by molar-refractivity contribution is 5.83. The molecular weight excluding hydrogens is 634 g/mol. The highest BCUT2D eigenvalue weighted by Gasteiger charge is 2.33. The molecule has 0 heterocycles. The Morgan fingerprint density at radius 2 is 0.980 bits per heavy atom. The molecule has 0 spiro atoms. The molecule has 0 radical (unpaired) electrons. The van der Waals surface area contributed by atoms with Gasteiger partial charge in [0.2, 0.25) is 0 Å². The minimum absolute atomic E-state index is 0.0307. The van der Waals surface area contributed by atoms with E-state index in [-0.39, 0.29) is 33.8 Å². The number of nitrogens with zero attached hydrogens (tertiary/aromatic N) is 2. The molecule has 4 aromatic rings. The third-order valence-corrected chi connectivity index (χ3v) is 9.39. The number of hydrogen-bond donors (Lipinski definition) is 0. The van der Waals surface area contributed by atoms with Gasteiger partial charge in [-0.3, -0.25) is 9.59 Å². The molecule has 0 aromatic heterocycles. The van der Waals surface area contributed by atoms with E-state index in [0.29, 0.717) is 36.8 Å². The zero-order chi connectivity index (χ0) is 35.6. The summed E-state index contributed by atoms with van der Waals surface area (Å²) in [6, 6.07) is 23.9. The van der Waals surface area contributed by atoms with E-state index in [1.54, 1.807) is 24.3 Å². The molecule has 50 heavy (non-hydrogen) atoms. The Morgan fingerprint density at radius 3 is 1.30 bits per heavy atom. The first-order valence-corrected chi connectivity index (χ1v) is 17.3. The molecule has 256 valence electrons. The Kier molecular flexibility index (Phi) is 12.1. The third kappa shape index (κ3) is 8.26. The maximum atomic E-state index is 15.5. The molecule has 0 unspecified atom stereocenters. The summed E-state index contributed by atoms with van der Waals surface area (Å²) in [5.74, 6) is -3.59. The smallest absolute Gasteiger partial charge is 0.314 e. The second-order valence-electron chi connectivity index (χ2n) is 12.8. The van der Waals surface area contributed by atoms with Crippen molar-refractivity contribution in [1.29, 1.82) is 10.5 Å². The molecule has 4 aromatic carbocycles. The largest absolute Gasteiger partial charge is 0.426 e. The van der Waals surface area contributed by atoms with Gasteiger partial charge in [0.15, 0.2) is 11.6 Å². The first-order valence-electron chi connectivity index (χ1n) is 17.3. The highest BCUT2D eigenvalue weighted by Crippen LogP contribution is 2.39. The zero-order valence-electron chi connectivity index (χ0n) is 28.4. The van der Waals surface area contributed by atoms with Crippen LogP contribution in [0.4, 0.5) is 8.78 Å². The number of aryl methyl sites for hydroxylation is 2. The van der Waals surface area contributed by atoms with Gasteiger partial charge in [-0.25, -0.2) is 8.78 Å². The van der Waals surface area contributed by atoms with Gasteiger partial charge >= 0.3 is 11.9 Å². The van der Waals surface area contributed by atoms with Gasteiger partial charge in [-0.2, -0.15) is 10.5 Å². The van der Waals surface area contributed by atoms with E-state index in [1.807, 2.05) is 36.4 Å². The minimum atomic E-state index is -0.753. The van der Waals surface area contributed by atoms with Gasteiger partial charge in [0, 0.05) is 0 Å². The Labute approximate surface area is 292 Å². The van der Waals surface area contributed by atoms with Crippen molar-refractivity contribution in [2.45, 2.75) is 78.1 Å². The maximum absolute atomic E-state index is 15.5. The van der Waals surface area contributed by atoms with Crippen molar-refractivity contribution in [2.75, 3.05) is 0 Å². The molecule has 0 bridgehead atoms. The summed E-state index contributed by atoms with van der Waals surface area (Å²) >= 11 is 0. The summed E-state index contributed by atoms with van der Waals surface area (Å²) in [5, 5.41) is 18.9. The first-order chi connectivity index (χ1) is 24.3. The van der Waals surface area contributed by atoms with Crippen LogP contribution in [-0.4, -0.2) is 11.9 Å². The number of carbonyl (C=O) groups is 2. The molecule has 1 fully saturated rings. The standard InChI is InChI=1S/C42H40F2N2O4/c1-3-5-7-27-9-13-29(14-10-27)37-35(23-21-33(25-45)39(37)43)49-41(47)31-17-19-32(20-18-31)42(48)50-36-24-22-34(26-46)40(44)38(36)30-15-11-28(12-16-30)8-6-4-2/h9-16,21-24,31-32H,3-8,17-20H2,1-2H3. The quantitative estimate of drug-likeness (QED) is 0.110. The van der Waals surface area contributed by atoms with Crippen LogP contribution in [0.15, 0.2) is 72.8 Å². The summed E-state index contributed by atoms with van der Waals surface area (Å²) in [7, 11) is 0. The average Bonchev–Trinajstić information content (AvgIpc) is 3.14. The number of ether oxygens (including phenoxy) is 2. The van der Waals surface area contributed by atoms with Gasteiger partial charge in [-0.1, -0.05) is 75.2 Å². The lowest BCUT2D eigenvalue weighted by molar-refractivity contribution is -0.145. The number of carbonyl (C=O) groups excluding carboxylic acids is 2. The number of nitriles is 2. The third-order valence-electron chi connectivity index (χ3n) is 9.39. The van der Waals surface area contributed by atoms with Gasteiger partial charge < -0.3 is 9.47 Å². The Balaban J connectivity index is 1.27. The fraction of sp³-hybridized carbons (Fsp3) is 0.333. The summed E-state index contributed by atoms with van der Waals surface area (Å²) < 4.78 is 42.5. The molecule has 1 saturated carbocycles. The molecule has 0 amide bonds. The van der Waals surface area contributed by atoms with Crippen LogP contribution in [0.25, 0.3) is 22.3 Å². The second-order valence-corrected chi connectivity index (χ2v) is 12.8. The topological polar surface area (TPSA) is 100 Å². The summed E-state index contributed by atoms with van der Waals surface area (Å²) in [6.45, 7) is 4.22. The van der Waals surface area contributed by atoms with Crippen LogP contribution < -0.4 is 9.47 Å². The number of halogens is 2. The van der Waals surface area contributed by atoms with Crippen LogP contribution in [-0.2, 0) is 22.4 Å². The van der Waals surface area contributed by atoms with Crippen LogP contribution in [0.2, 0.25) is 0 Å². The number of unbranched alkanes of at least 4 members (excludes halogenated alkanes) is 2. The molecule has 5 rings (SSSR count). The summed E-state index contributed by atoms with van der Waals surface area (Å²) in [4.78, 5) is 26.7. The predicted molar refractivity (Wildman–Crippen MR) is 187 cm³/mol. The SMILES string of the molecule is CCCCc1ccc(-c2c(OC(=O)C3CCC(C(=O)Oc4ccc(C#N)c(F)c4-c4ccc(CCCC)cc4)CC3)ccc(C#N)c2F)cc1. The number of benzene rings is 4. The second kappa shape index (κ2) is 16.9. The lowest BCUT2D eigenvalue weighted by atomic mass is 9.82. The van der Waals surface area contributed by atoms with E-state index in [9.17, 15) is 20.1 Å². The van der Waals surface area contributed by atoms with Crippen LogP contribution in [0.5, 0.6) is 11.5 Å². The van der Waals surface area contributed by atoms with Crippen molar-refractivity contribution in [2.24, 2.45) is 11.8 Å². The molecule has 1 aliphatic carbocycles. The van der Waals surface area contributed by atoms with E-state index >= 15 is 8.78 Å². The van der Waals surface area contributed by atoms with Crippen molar-refractivity contribution >= 4 is 11.9 Å². The van der Waals surface area contributed by atoms with Gasteiger partial charge in [0.1, 0.15) is 23.6 Å². The lowest BCUT2D eigenvalue weighted by Gasteiger charge is -2.26. The van der Waals surface area contributed by atoms with Gasteiger partial charge in [0.05, 0.1) is 34.1 Å². The summed E-state index contributed by atoms with van der Waals surface area (Å²) in [5.41, 5.74) is 3.03. The normalized spacial score (nSPS) is 15.5. The fourth-order valence-electron chi connectivity index (χ4n) is 6.38. The van der Waals surface area contributed by atoms with Crippen LogP contribution in [0, 0.1) is 46.1 Å². The maximum Gasteiger partial charge on any atom is 0.314 e. The Hall–Kier alpha value is -5.34. The van der Waals surface area contributed by atoms with E-state index in [4.69, 9.17) is 9.47 Å². The Morgan fingerprint density at radius 1 is 0.620 bits per heavy atom. The highest BCUT2D eigenvalue weighted by atomic mass is 19.1. The molecule has 0 saturated heterocycles. The van der Waals surface area contributed by atoms with Crippen molar-refractivity contribution < 1.29 is 27.8 Å². The van der Waals surface area contributed by atoms with Crippen molar-refractivity contribution in [1.82, 2.24) is 0 Å². The van der Waals surface area contributed by atoms with Crippen LogP contribution >= 0.6 is 0 Å². The monoisotopic (exact) mass is 674 g/mol. The van der Waals surface area contributed by atoms with Crippen LogP contribution in [0.3, 0.4) is 0 Å². The van der Waals surface area contributed by atoms with Gasteiger partial charge in [-0.15, -0.1) is 0 Å². The molecule has 8 heteroatoms. The first kappa shape index (κ1) is 36.0.